The Bertz CT molecular complexity index is 584. The molecule has 1 heterocycles. The second-order valence-electron chi connectivity index (χ2n) is 5.69. The quantitative estimate of drug-likeness (QED) is 0.863. The molecule has 1 saturated heterocycles. The molecule has 24 heavy (non-hydrogen) atoms. The molecule has 1 aromatic rings. The predicted molar refractivity (Wildman–Crippen MR) is 88.6 cm³/mol. The van der Waals surface area contributed by atoms with Crippen molar-refractivity contribution in [2.45, 2.75) is 12.6 Å². The van der Waals surface area contributed by atoms with Gasteiger partial charge >= 0.3 is 6.18 Å². The molecule has 1 aliphatic rings. The van der Waals surface area contributed by atoms with Crippen LogP contribution in [0, 0.1) is 0 Å². The number of anilines is 1. The Balaban J connectivity index is 1.85. The number of nitrogens with one attached hydrogen (secondary N) is 1. The van der Waals surface area contributed by atoms with Crippen molar-refractivity contribution in [1.82, 2.24) is 9.80 Å². The standard InChI is InChI=1S/C15H18Cl2F3N3O/c16-11-2-3-12(17)13(8-11)21-14(24)9-22-4-1-5-23(7-6-22)10-15(18,19)20/h2-3,8H,1,4-7,9-10H2,(H,21,24). The summed E-state index contributed by atoms with van der Waals surface area (Å²) in [7, 11) is 0. The van der Waals surface area contributed by atoms with Gasteiger partial charge < -0.3 is 5.32 Å². The van der Waals surface area contributed by atoms with E-state index < -0.39 is 12.7 Å². The Morgan fingerprint density at radius 2 is 1.79 bits per heavy atom. The molecule has 1 aliphatic heterocycles. The number of benzene rings is 1. The van der Waals surface area contributed by atoms with Crippen LogP contribution >= 0.6 is 23.2 Å². The number of halogens is 5. The van der Waals surface area contributed by atoms with Crippen molar-refractivity contribution >= 4 is 34.8 Å². The average Bonchev–Trinajstić information content (AvgIpc) is 2.66. The first-order chi connectivity index (χ1) is 11.2. The highest BCUT2D eigenvalue weighted by atomic mass is 35.5. The zero-order valence-corrected chi connectivity index (χ0v) is 14.4. The maximum Gasteiger partial charge on any atom is 0.401 e. The summed E-state index contributed by atoms with van der Waals surface area (Å²) >= 11 is 11.9. The largest absolute Gasteiger partial charge is 0.401 e. The molecule has 1 amide bonds. The third-order valence-electron chi connectivity index (χ3n) is 3.65. The van der Waals surface area contributed by atoms with Crippen LogP contribution < -0.4 is 5.32 Å². The highest BCUT2D eigenvalue weighted by molar-refractivity contribution is 6.35. The molecule has 0 spiro atoms. The Morgan fingerprint density at radius 3 is 2.50 bits per heavy atom. The summed E-state index contributed by atoms with van der Waals surface area (Å²) < 4.78 is 37.4. The minimum atomic E-state index is -4.20. The molecule has 0 radical (unpaired) electrons. The summed E-state index contributed by atoms with van der Waals surface area (Å²) in [5.74, 6) is -0.275. The summed E-state index contributed by atoms with van der Waals surface area (Å²) in [4.78, 5) is 15.3. The smallest absolute Gasteiger partial charge is 0.324 e. The molecular formula is C15H18Cl2F3N3O. The third kappa shape index (κ3) is 6.47. The molecule has 1 aromatic carbocycles. The zero-order valence-electron chi connectivity index (χ0n) is 12.9. The van der Waals surface area contributed by atoms with Crippen LogP contribution in [0.4, 0.5) is 18.9 Å². The monoisotopic (exact) mass is 383 g/mol. The van der Waals surface area contributed by atoms with Gasteiger partial charge in [-0.05, 0) is 37.7 Å². The molecule has 134 valence electrons. The van der Waals surface area contributed by atoms with E-state index in [-0.39, 0.29) is 19.0 Å². The molecule has 0 unspecified atom stereocenters. The van der Waals surface area contributed by atoms with Crippen molar-refractivity contribution in [2.75, 3.05) is 44.6 Å². The number of rotatable bonds is 4. The normalized spacial score (nSPS) is 17.5. The number of hydrogen-bond donors (Lipinski definition) is 1. The summed E-state index contributed by atoms with van der Waals surface area (Å²) in [5.41, 5.74) is 0.419. The highest BCUT2D eigenvalue weighted by Gasteiger charge is 2.31. The minimum absolute atomic E-state index is 0.0999. The van der Waals surface area contributed by atoms with Crippen LogP contribution in [0.3, 0.4) is 0 Å². The van der Waals surface area contributed by atoms with Crippen molar-refractivity contribution in [3.8, 4) is 0 Å². The molecule has 0 atom stereocenters. The summed E-state index contributed by atoms with van der Waals surface area (Å²) in [6.45, 7) is 0.828. The van der Waals surface area contributed by atoms with Gasteiger partial charge in [0, 0.05) is 18.1 Å². The lowest BCUT2D eigenvalue weighted by Gasteiger charge is -2.22. The molecule has 1 fully saturated rings. The first kappa shape index (κ1) is 19.3. The SMILES string of the molecule is O=C(CN1CCCN(CC(F)(F)F)CC1)Nc1cc(Cl)ccc1Cl. The Kier molecular flexibility index (Phi) is 6.74. The van der Waals surface area contributed by atoms with E-state index in [0.29, 0.717) is 41.8 Å². The summed E-state index contributed by atoms with van der Waals surface area (Å²) in [6.07, 6.45) is -3.61. The number of carbonyl (C=O) groups excluding carboxylic acids is 1. The Labute approximate surface area is 148 Å². The van der Waals surface area contributed by atoms with E-state index in [1.807, 2.05) is 4.90 Å². The van der Waals surface area contributed by atoms with E-state index in [4.69, 9.17) is 23.2 Å². The van der Waals surface area contributed by atoms with Crippen LogP contribution in [0.15, 0.2) is 18.2 Å². The van der Waals surface area contributed by atoms with Gasteiger partial charge in [-0.3, -0.25) is 14.6 Å². The molecule has 0 aliphatic carbocycles. The number of amides is 1. The van der Waals surface area contributed by atoms with Crippen LogP contribution in [-0.4, -0.2) is 61.2 Å². The summed E-state index contributed by atoms with van der Waals surface area (Å²) in [6, 6.07) is 4.75. The maximum atomic E-state index is 12.5. The van der Waals surface area contributed by atoms with E-state index in [1.54, 1.807) is 18.2 Å². The van der Waals surface area contributed by atoms with Gasteiger partial charge in [-0.1, -0.05) is 23.2 Å². The van der Waals surface area contributed by atoms with Gasteiger partial charge in [-0.15, -0.1) is 0 Å². The minimum Gasteiger partial charge on any atom is -0.324 e. The highest BCUT2D eigenvalue weighted by Crippen LogP contribution is 2.25. The number of nitrogens with zero attached hydrogens (tertiary/aromatic N) is 2. The molecule has 0 aromatic heterocycles. The van der Waals surface area contributed by atoms with Crippen LogP contribution in [0.25, 0.3) is 0 Å². The first-order valence-corrected chi connectivity index (χ1v) is 8.25. The van der Waals surface area contributed by atoms with Crippen molar-refractivity contribution < 1.29 is 18.0 Å². The van der Waals surface area contributed by atoms with E-state index in [0.717, 1.165) is 0 Å². The molecule has 4 nitrogen and oxygen atoms in total. The lowest BCUT2D eigenvalue weighted by molar-refractivity contribution is -0.145. The second kappa shape index (κ2) is 8.38. The number of alkyl halides is 3. The maximum absolute atomic E-state index is 12.5. The lowest BCUT2D eigenvalue weighted by atomic mass is 10.3. The van der Waals surface area contributed by atoms with Crippen molar-refractivity contribution in [2.24, 2.45) is 0 Å². The zero-order chi connectivity index (χ0) is 17.7. The van der Waals surface area contributed by atoms with Gasteiger partial charge in [0.2, 0.25) is 5.91 Å². The molecule has 1 N–H and O–H groups in total. The van der Waals surface area contributed by atoms with E-state index in [1.165, 1.54) is 4.90 Å². The van der Waals surface area contributed by atoms with Gasteiger partial charge in [-0.2, -0.15) is 13.2 Å². The molecule has 9 heteroatoms. The third-order valence-corrected chi connectivity index (χ3v) is 4.22. The average molecular weight is 384 g/mol. The molecule has 2 rings (SSSR count). The van der Waals surface area contributed by atoms with E-state index >= 15 is 0 Å². The predicted octanol–water partition coefficient (Wildman–Crippen LogP) is 3.50. The van der Waals surface area contributed by atoms with Gasteiger partial charge in [0.05, 0.1) is 23.8 Å². The molecular weight excluding hydrogens is 366 g/mol. The Morgan fingerprint density at radius 1 is 1.12 bits per heavy atom. The fourth-order valence-corrected chi connectivity index (χ4v) is 2.92. The van der Waals surface area contributed by atoms with Gasteiger partial charge in [-0.25, -0.2) is 0 Å². The number of carbonyl (C=O) groups is 1. The van der Waals surface area contributed by atoms with Gasteiger partial charge in [0.15, 0.2) is 0 Å². The van der Waals surface area contributed by atoms with Crippen molar-refractivity contribution in [3.05, 3.63) is 28.2 Å². The lowest BCUT2D eigenvalue weighted by Crippen LogP contribution is -2.39. The van der Waals surface area contributed by atoms with Gasteiger partial charge in [0.25, 0.3) is 0 Å². The van der Waals surface area contributed by atoms with Crippen LogP contribution in [0.2, 0.25) is 10.0 Å². The molecule has 0 bridgehead atoms. The number of hydrogen-bond acceptors (Lipinski definition) is 3. The summed E-state index contributed by atoms with van der Waals surface area (Å²) in [5, 5.41) is 3.50. The second-order valence-corrected chi connectivity index (χ2v) is 6.54. The topological polar surface area (TPSA) is 35.6 Å². The fourth-order valence-electron chi connectivity index (χ4n) is 2.58. The van der Waals surface area contributed by atoms with Crippen molar-refractivity contribution in [3.63, 3.8) is 0 Å². The first-order valence-electron chi connectivity index (χ1n) is 7.49. The molecule has 0 saturated carbocycles. The van der Waals surface area contributed by atoms with E-state index in [9.17, 15) is 18.0 Å². The van der Waals surface area contributed by atoms with Crippen LogP contribution in [0.5, 0.6) is 0 Å². The Hall–Kier alpha value is -1.02. The van der Waals surface area contributed by atoms with Crippen LogP contribution in [-0.2, 0) is 4.79 Å². The van der Waals surface area contributed by atoms with Gasteiger partial charge in [0.1, 0.15) is 0 Å². The fraction of sp³-hybridized carbons (Fsp3) is 0.533. The van der Waals surface area contributed by atoms with Crippen LogP contribution in [0.1, 0.15) is 6.42 Å². The van der Waals surface area contributed by atoms with Crippen molar-refractivity contribution in [1.29, 1.82) is 0 Å². The van der Waals surface area contributed by atoms with E-state index in [2.05, 4.69) is 5.32 Å².